The Morgan fingerprint density at radius 3 is 2.06 bits per heavy atom. The van der Waals surface area contributed by atoms with Crippen molar-refractivity contribution in [2.45, 2.75) is 0 Å². The van der Waals surface area contributed by atoms with Gasteiger partial charge in [0.1, 0.15) is 5.52 Å². The fourth-order valence-electron chi connectivity index (χ4n) is 3.58. The molecule has 8 heteroatoms. The van der Waals surface area contributed by atoms with E-state index >= 15 is 0 Å². The number of allylic oxidation sites excluding steroid dienone is 1. The van der Waals surface area contributed by atoms with Crippen molar-refractivity contribution in [2.24, 2.45) is 0 Å². The number of hydrogen-bond acceptors (Lipinski definition) is 8. The van der Waals surface area contributed by atoms with Crippen LogP contribution in [0.2, 0.25) is 0 Å². The molecule has 0 aliphatic heterocycles. The van der Waals surface area contributed by atoms with Crippen molar-refractivity contribution in [3.8, 4) is 17.2 Å². The summed E-state index contributed by atoms with van der Waals surface area (Å²) in [6.07, 6.45) is 1.65. The first-order valence-corrected chi connectivity index (χ1v) is 10.6. The van der Waals surface area contributed by atoms with Crippen molar-refractivity contribution in [1.29, 1.82) is 0 Å². The maximum atomic E-state index is 13.8. The molecule has 0 spiro atoms. The Bertz CT molecular complexity index is 1360. The Balaban J connectivity index is 1.85. The topological polar surface area (TPSA) is 97.1 Å². The van der Waals surface area contributed by atoms with Gasteiger partial charge in [0.25, 0.3) is 0 Å². The number of ether oxygens (including phenoxy) is 4. The highest BCUT2D eigenvalue weighted by Crippen LogP contribution is 2.39. The Hall–Kier alpha value is -4.59. The summed E-state index contributed by atoms with van der Waals surface area (Å²) in [5.74, 6) is 0.393. The molecule has 35 heavy (non-hydrogen) atoms. The highest BCUT2D eigenvalue weighted by atomic mass is 16.5. The van der Waals surface area contributed by atoms with Crippen LogP contribution < -0.4 is 14.2 Å². The molecule has 0 aliphatic carbocycles. The van der Waals surface area contributed by atoms with Crippen LogP contribution >= 0.6 is 0 Å². The molecule has 3 aromatic carbocycles. The number of fused-ring (bicyclic) bond motifs is 1. The summed E-state index contributed by atoms with van der Waals surface area (Å²) < 4.78 is 26.9. The lowest BCUT2D eigenvalue weighted by Crippen LogP contribution is -2.06. The van der Waals surface area contributed by atoms with E-state index in [-0.39, 0.29) is 17.2 Å². The molecular formula is C27H23NO7. The predicted octanol–water partition coefficient (Wildman–Crippen LogP) is 5.06. The lowest BCUT2D eigenvalue weighted by Gasteiger charge is -2.14. The van der Waals surface area contributed by atoms with E-state index in [9.17, 15) is 9.59 Å². The molecule has 0 aliphatic rings. The zero-order valence-corrected chi connectivity index (χ0v) is 19.7. The van der Waals surface area contributed by atoms with Gasteiger partial charge < -0.3 is 23.4 Å². The second-order valence-electron chi connectivity index (χ2n) is 7.40. The molecule has 4 rings (SSSR count). The first-order chi connectivity index (χ1) is 17.0. The van der Waals surface area contributed by atoms with Crippen LogP contribution in [0.4, 0.5) is 0 Å². The third kappa shape index (κ3) is 4.72. The number of carbonyl (C=O) groups is 2. The van der Waals surface area contributed by atoms with Crippen LogP contribution in [0.5, 0.6) is 17.2 Å². The van der Waals surface area contributed by atoms with E-state index in [0.717, 1.165) is 0 Å². The van der Waals surface area contributed by atoms with Gasteiger partial charge in [0.2, 0.25) is 11.6 Å². The summed E-state index contributed by atoms with van der Waals surface area (Å²) in [4.78, 5) is 30.1. The van der Waals surface area contributed by atoms with Gasteiger partial charge in [0.05, 0.1) is 39.6 Å². The summed E-state index contributed by atoms with van der Waals surface area (Å²) in [6.45, 7) is 0. The zero-order valence-electron chi connectivity index (χ0n) is 19.7. The molecule has 0 amide bonds. The third-order valence-corrected chi connectivity index (χ3v) is 5.34. The average Bonchev–Trinajstić information content (AvgIpc) is 3.34. The lowest BCUT2D eigenvalue weighted by atomic mass is 9.99. The molecule has 0 atom stereocenters. The minimum atomic E-state index is -0.451. The van der Waals surface area contributed by atoms with E-state index in [2.05, 4.69) is 4.98 Å². The first kappa shape index (κ1) is 23.6. The standard InChI is InChI=1S/C27H23NO7/c1-31-22-14-18(15-23(32-2)25(22)33-3)24(29)19(26-28-20-7-5-6-8-21(20)35-26)13-16-9-11-17(12-10-16)27(30)34-4/h5-15H,1-4H3/b19-13-. The van der Waals surface area contributed by atoms with Crippen LogP contribution in [0.15, 0.2) is 65.1 Å². The second-order valence-corrected chi connectivity index (χ2v) is 7.40. The number of methoxy groups -OCH3 is 4. The monoisotopic (exact) mass is 473 g/mol. The van der Waals surface area contributed by atoms with Gasteiger partial charge in [-0.25, -0.2) is 9.78 Å². The van der Waals surface area contributed by atoms with Crippen LogP contribution in [0, 0.1) is 0 Å². The SMILES string of the molecule is COC(=O)c1ccc(/C=C(/C(=O)c2cc(OC)c(OC)c(OC)c2)c2nc3ccccc3o2)cc1. The Morgan fingerprint density at radius 2 is 1.49 bits per heavy atom. The summed E-state index contributed by atoms with van der Waals surface area (Å²) in [6, 6.07) is 17.0. The largest absolute Gasteiger partial charge is 0.493 e. The van der Waals surface area contributed by atoms with Crippen molar-refractivity contribution in [1.82, 2.24) is 4.98 Å². The molecule has 1 aromatic heterocycles. The molecule has 8 nitrogen and oxygen atoms in total. The normalized spacial score (nSPS) is 11.3. The maximum absolute atomic E-state index is 13.8. The van der Waals surface area contributed by atoms with Crippen molar-refractivity contribution >= 4 is 34.5 Å². The smallest absolute Gasteiger partial charge is 0.337 e. The molecule has 0 radical (unpaired) electrons. The van der Waals surface area contributed by atoms with Gasteiger partial charge in [-0.2, -0.15) is 0 Å². The predicted molar refractivity (Wildman–Crippen MR) is 130 cm³/mol. The Morgan fingerprint density at radius 1 is 0.829 bits per heavy atom. The fraction of sp³-hybridized carbons (Fsp3) is 0.148. The molecule has 0 N–H and O–H groups in total. The molecule has 1 heterocycles. The van der Waals surface area contributed by atoms with Crippen molar-refractivity contribution in [2.75, 3.05) is 28.4 Å². The summed E-state index contributed by atoms with van der Waals surface area (Å²) >= 11 is 0. The minimum Gasteiger partial charge on any atom is -0.493 e. The van der Waals surface area contributed by atoms with Crippen LogP contribution in [-0.2, 0) is 4.74 Å². The Kier molecular flexibility index (Phi) is 6.82. The zero-order chi connectivity index (χ0) is 24.9. The molecule has 4 aromatic rings. The molecule has 0 saturated heterocycles. The van der Waals surface area contributed by atoms with E-state index < -0.39 is 5.97 Å². The van der Waals surface area contributed by atoms with Gasteiger partial charge in [-0.3, -0.25) is 4.79 Å². The number of aromatic nitrogens is 1. The van der Waals surface area contributed by atoms with Crippen molar-refractivity contribution in [3.05, 3.63) is 83.2 Å². The number of rotatable bonds is 8. The molecule has 178 valence electrons. The number of hydrogen-bond donors (Lipinski definition) is 0. The number of nitrogens with zero attached hydrogens (tertiary/aromatic N) is 1. The fourth-order valence-corrected chi connectivity index (χ4v) is 3.58. The quantitative estimate of drug-likeness (QED) is 0.199. The van der Waals surface area contributed by atoms with Gasteiger partial charge in [-0.05, 0) is 48.0 Å². The minimum absolute atomic E-state index is 0.155. The Labute approximate surface area is 201 Å². The van der Waals surface area contributed by atoms with E-state index in [1.165, 1.54) is 28.4 Å². The number of Topliss-reactive ketones (excluding diaryl/α,β-unsaturated/α-hetero) is 1. The molecule has 0 unspecified atom stereocenters. The number of carbonyl (C=O) groups excluding carboxylic acids is 2. The second kappa shape index (κ2) is 10.1. The van der Waals surface area contributed by atoms with Gasteiger partial charge in [-0.15, -0.1) is 0 Å². The number of para-hydroxylation sites is 2. The average molecular weight is 473 g/mol. The number of esters is 1. The highest BCUT2D eigenvalue weighted by molar-refractivity contribution is 6.32. The van der Waals surface area contributed by atoms with Crippen LogP contribution in [0.25, 0.3) is 22.7 Å². The highest BCUT2D eigenvalue weighted by Gasteiger charge is 2.24. The van der Waals surface area contributed by atoms with Gasteiger partial charge >= 0.3 is 5.97 Å². The van der Waals surface area contributed by atoms with E-state index in [1.54, 1.807) is 54.6 Å². The number of ketones is 1. The first-order valence-electron chi connectivity index (χ1n) is 10.6. The van der Waals surface area contributed by atoms with Crippen molar-refractivity contribution < 1.29 is 33.0 Å². The number of oxazole rings is 1. The van der Waals surface area contributed by atoms with E-state index in [1.807, 2.05) is 12.1 Å². The lowest BCUT2D eigenvalue weighted by molar-refractivity contribution is 0.0600. The van der Waals surface area contributed by atoms with Crippen LogP contribution in [0.1, 0.15) is 32.2 Å². The molecule has 0 fully saturated rings. The molecule has 0 saturated carbocycles. The van der Waals surface area contributed by atoms with Crippen LogP contribution in [0.3, 0.4) is 0 Å². The van der Waals surface area contributed by atoms with Gasteiger partial charge in [0, 0.05) is 5.56 Å². The van der Waals surface area contributed by atoms with E-state index in [0.29, 0.717) is 45.0 Å². The van der Waals surface area contributed by atoms with Crippen LogP contribution in [-0.4, -0.2) is 45.2 Å². The number of benzene rings is 3. The molecular weight excluding hydrogens is 450 g/mol. The van der Waals surface area contributed by atoms with Crippen molar-refractivity contribution in [3.63, 3.8) is 0 Å². The molecule has 0 bridgehead atoms. The summed E-state index contributed by atoms with van der Waals surface area (Å²) in [7, 11) is 5.76. The van der Waals surface area contributed by atoms with Gasteiger partial charge in [0.15, 0.2) is 22.9 Å². The third-order valence-electron chi connectivity index (χ3n) is 5.34. The van der Waals surface area contributed by atoms with E-state index in [4.69, 9.17) is 23.4 Å². The maximum Gasteiger partial charge on any atom is 0.337 e. The van der Waals surface area contributed by atoms with Gasteiger partial charge in [-0.1, -0.05) is 24.3 Å². The summed E-state index contributed by atoms with van der Waals surface area (Å²) in [5, 5.41) is 0. The summed E-state index contributed by atoms with van der Waals surface area (Å²) in [5.41, 5.74) is 2.72.